The first-order chi connectivity index (χ1) is 9.60. The maximum absolute atomic E-state index is 11.7. The lowest BCUT2D eigenvalue weighted by Crippen LogP contribution is -2.11. The molecule has 108 valence electrons. The van der Waals surface area contributed by atoms with Gasteiger partial charge in [0, 0.05) is 18.4 Å². The molecule has 1 aliphatic heterocycles. The lowest BCUT2D eigenvalue weighted by Gasteiger charge is -2.18. The molecule has 20 heavy (non-hydrogen) atoms. The fourth-order valence-corrected chi connectivity index (χ4v) is 3.50. The summed E-state index contributed by atoms with van der Waals surface area (Å²) < 4.78 is 5.30. The number of ketones is 1. The van der Waals surface area contributed by atoms with E-state index in [0.29, 0.717) is 18.0 Å². The number of carbonyl (C=O) groups is 1. The largest absolute Gasteiger partial charge is 0.497 e. The predicted octanol–water partition coefficient (Wildman–Crippen LogP) is 3.68. The first-order valence-electron chi connectivity index (χ1n) is 6.96. The number of rotatable bonds is 3. The summed E-state index contributed by atoms with van der Waals surface area (Å²) in [7, 11) is 1.67. The maximum atomic E-state index is 11.7. The van der Waals surface area contributed by atoms with Crippen LogP contribution in [0.1, 0.15) is 38.2 Å². The van der Waals surface area contributed by atoms with Gasteiger partial charge in [0.1, 0.15) is 11.5 Å². The monoisotopic (exact) mass is 291 g/mol. The molecule has 4 heteroatoms. The number of methoxy groups -OCH3 is 1. The highest BCUT2D eigenvalue weighted by Gasteiger charge is 2.25. The van der Waals surface area contributed by atoms with Gasteiger partial charge < -0.3 is 4.74 Å². The van der Waals surface area contributed by atoms with Gasteiger partial charge in [0.05, 0.1) is 17.9 Å². The number of benzene rings is 1. The zero-order valence-electron chi connectivity index (χ0n) is 12.3. The van der Waals surface area contributed by atoms with Crippen LogP contribution in [0.4, 0.5) is 0 Å². The quantitative estimate of drug-likeness (QED) is 0.852. The number of hydrogen-bond donors (Lipinski definition) is 0. The second-order valence-electron chi connectivity index (χ2n) is 5.26. The van der Waals surface area contributed by atoms with Crippen molar-refractivity contribution >= 4 is 22.6 Å². The predicted molar refractivity (Wildman–Crippen MR) is 85.0 cm³/mol. The Kier molecular flexibility index (Phi) is 5.24. The summed E-state index contributed by atoms with van der Waals surface area (Å²) in [6.07, 6.45) is 1.47. The van der Waals surface area contributed by atoms with Crippen LogP contribution >= 0.6 is 11.8 Å². The van der Waals surface area contributed by atoms with Crippen molar-refractivity contribution in [3.05, 3.63) is 29.8 Å². The molecule has 0 bridgehead atoms. The Balaban J connectivity index is 2.34. The number of ether oxygens (including phenoxy) is 1. The molecule has 1 saturated heterocycles. The molecule has 1 heterocycles. The van der Waals surface area contributed by atoms with Gasteiger partial charge in [0.2, 0.25) is 0 Å². The van der Waals surface area contributed by atoms with Crippen molar-refractivity contribution in [2.24, 2.45) is 4.99 Å². The molecule has 1 unspecified atom stereocenters. The average Bonchev–Trinajstić information content (AvgIpc) is 2.61. The lowest BCUT2D eigenvalue weighted by molar-refractivity contribution is -0.116. The molecule has 1 aromatic rings. The van der Waals surface area contributed by atoms with Crippen molar-refractivity contribution in [3.63, 3.8) is 0 Å². The number of hydrogen-bond acceptors (Lipinski definition) is 4. The van der Waals surface area contributed by atoms with E-state index in [-0.39, 0.29) is 12.0 Å². The number of aliphatic imine (C=N–C) groups is 1. The van der Waals surface area contributed by atoms with Crippen LogP contribution in [0, 0.1) is 0 Å². The molecule has 0 N–H and O–H groups in total. The van der Waals surface area contributed by atoms with Crippen molar-refractivity contribution in [1.29, 1.82) is 0 Å². The molecule has 0 saturated carbocycles. The van der Waals surface area contributed by atoms with Gasteiger partial charge in [-0.2, -0.15) is 0 Å². The Hall–Kier alpha value is -1.29. The molecule has 1 aromatic carbocycles. The van der Waals surface area contributed by atoms with Crippen molar-refractivity contribution in [2.45, 2.75) is 38.6 Å². The van der Waals surface area contributed by atoms with Crippen LogP contribution in [0.2, 0.25) is 0 Å². The summed E-state index contributed by atoms with van der Waals surface area (Å²) in [5.74, 6) is 1.93. The molecule has 0 aliphatic carbocycles. The Morgan fingerprint density at radius 2 is 2.20 bits per heavy atom. The van der Waals surface area contributed by atoms with E-state index in [2.05, 4.69) is 26.0 Å². The van der Waals surface area contributed by atoms with Gasteiger partial charge in [0.25, 0.3) is 0 Å². The fraction of sp³-hybridized carbons (Fsp3) is 0.500. The van der Waals surface area contributed by atoms with E-state index in [1.54, 1.807) is 18.9 Å². The minimum atomic E-state index is 0.212. The third kappa shape index (κ3) is 3.85. The molecule has 3 nitrogen and oxygen atoms in total. The minimum absolute atomic E-state index is 0.212. The average molecular weight is 291 g/mol. The van der Waals surface area contributed by atoms with Crippen molar-refractivity contribution in [3.8, 4) is 5.75 Å². The third-order valence-electron chi connectivity index (χ3n) is 3.27. The molecule has 0 amide bonds. The van der Waals surface area contributed by atoms with E-state index in [1.807, 2.05) is 12.1 Å². The van der Waals surface area contributed by atoms with E-state index in [1.165, 1.54) is 5.56 Å². The summed E-state index contributed by atoms with van der Waals surface area (Å²) in [6.45, 7) is 4.14. The first kappa shape index (κ1) is 15.1. The van der Waals surface area contributed by atoms with Crippen molar-refractivity contribution < 1.29 is 9.53 Å². The molecule has 0 radical (unpaired) electrons. The SMILES string of the molecule is COc1cccc(C2CCC(=O)CSC2=NC(C)C)c1. The summed E-state index contributed by atoms with van der Waals surface area (Å²) in [5, 5.41) is 1.08. The van der Waals surface area contributed by atoms with Gasteiger partial charge >= 0.3 is 0 Å². The van der Waals surface area contributed by atoms with Crippen LogP contribution in [0.15, 0.2) is 29.3 Å². The molecule has 1 atom stereocenters. The van der Waals surface area contributed by atoms with Crippen molar-refractivity contribution in [1.82, 2.24) is 0 Å². The van der Waals surface area contributed by atoms with Crippen LogP contribution in [-0.4, -0.2) is 29.7 Å². The topological polar surface area (TPSA) is 38.7 Å². The summed E-state index contributed by atoms with van der Waals surface area (Å²) in [4.78, 5) is 16.4. The Morgan fingerprint density at radius 3 is 2.90 bits per heavy atom. The summed E-state index contributed by atoms with van der Waals surface area (Å²) in [5.41, 5.74) is 1.19. The normalized spacial score (nSPS) is 22.1. The lowest BCUT2D eigenvalue weighted by atomic mass is 9.94. The van der Waals surface area contributed by atoms with Crippen LogP contribution in [0.5, 0.6) is 5.75 Å². The second-order valence-corrected chi connectivity index (χ2v) is 6.25. The van der Waals surface area contributed by atoms with Crippen LogP contribution in [0.3, 0.4) is 0 Å². The van der Waals surface area contributed by atoms with Crippen LogP contribution in [0.25, 0.3) is 0 Å². The number of carbonyl (C=O) groups excluding carboxylic acids is 1. The zero-order chi connectivity index (χ0) is 14.5. The molecule has 1 fully saturated rings. The second kappa shape index (κ2) is 6.93. The standard InChI is InChI=1S/C16H21NO2S/c1-11(2)17-16-15(8-7-13(18)10-20-16)12-5-4-6-14(9-12)19-3/h4-6,9,11,15H,7-8,10H2,1-3H3. The molecular formula is C16H21NO2S. The first-order valence-corrected chi connectivity index (χ1v) is 7.95. The summed E-state index contributed by atoms with van der Waals surface area (Å²) in [6, 6.07) is 8.34. The van der Waals surface area contributed by atoms with Gasteiger partial charge in [-0.1, -0.05) is 12.1 Å². The molecular weight excluding hydrogens is 270 g/mol. The molecule has 0 aromatic heterocycles. The zero-order valence-corrected chi connectivity index (χ0v) is 13.1. The van der Waals surface area contributed by atoms with E-state index >= 15 is 0 Å². The smallest absolute Gasteiger partial charge is 0.143 e. The number of Topliss-reactive ketones (excluding diaryl/α,β-unsaturated/α-hetero) is 1. The highest BCUT2D eigenvalue weighted by atomic mass is 32.2. The minimum Gasteiger partial charge on any atom is -0.497 e. The summed E-state index contributed by atoms with van der Waals surface area (Å²) >= 11 is 1.60. The highest BCUT2D eigenvalue weighted by molar-refractivity contribution is 8.14. The molecule has 2 rings (SSSR count). The van der Waals surface area contributed by atoms with Gasteiger partial charge in [-0.3, -0.25) is 9.79 Å². The van der Waals surface area contributed by atoms with Gasteiger partial charge in [0.15, 0.2) is 0 Å². The van der Waals surface area contributed by atoms with Crippen molar-refractivity contribution in [2.75, 3.05) is 12.9 Å². The maximum Gasteiger partial charge on any atom is 0.143 e. The fourth-order valence-electron chi connectivity index (χ4n) is 2.31. The highest BCUT2D eigenvalue weighted by Crippen LogP contribution is 2.33. The third-order valence-corrected chi connectivity index (χ3v) is 4.42. The Labute approximate surface area is 124 Å². The van der Waals surface area contributed by atoms with Gasteiger partial charge in [-0.05, 0) is 38.0 Å². The van der Waals surface area contributed by atoms with Crippen LogP contribution in [-0.2, 0) is 4.79 Å². The Bertz CT molecular complexity index is 511. The van der Waals surface area contributed by atoms with E-state index in [9.17, 15) is 4.79 Å². The van der Waals surface area contributed by atoms with E-state index in [0.717, 1.165) is 17.2 Å². The number of thioether (sulfide) groups is 1. The van der Waals surface area contributed by atoms with E-state index < -0.39 is 0 Å². The Morgan fingerprint density at radius 1 is 1.40 bits per heavy atom. The molecule has 1 aliphatic rings. The van der Waals surface area contributed by atoms with Crippen LogP contribution < -0.4 is 4.74 Å². The number of nitrogens with zero attached hydrogens (tertiary/aromatic N) is 1. The van der Waals surface area contributed by atoms with Gasteiger partial charge in [-0.15, -0.1) is 11.8 Å². The van der Waals surface area contributed by atoms with Gasteiger partial charge in [-0.25, -0.2) is 0 Å². The molecule has 0 spiro atoms. The van der Waals surface area contributed by atoms with E-state index in [4.69, 9.17) is 9.73 Å².